The lowest BCUT2D eigenvalue weighted by atomic mass is 10.1. The highest BCUT2D eigenvalue weighted by molar-refractivity contribution is 5.92. The molecule has 3 unspecified atom stereocenters. The molecule has 1 aliphatic heterocycles. The summed E-state index contributed by atoms with van der Waals surface area (Å²) in [6.45, 7) is 0.631. The lowest BCUT2D eigenvalue weighted by molar-refractivity contribution is -0.234. The molecule has 0 bridgehead atoms. The Kier molecular flexibility index (Phi) is 5.86. The van der Waals surface area contributed by atoms with Crippen LogP contribution in [-0.2, 0) is 9.53 Å². The molecule has 0 radical (unpaired) electrons. The van der Waals surface area contributed by atoms with Gasteiger partial charge in [0.2, 0.25) is 0 Å². The van der Waals surface area contributed by atoms with Gasteiger partial charge in [0.1, 0.15) is 17.1 Å². The van der Waals surface area contributed by atoms with Gasteiger partial charge in [-0.3, -0.25) is 14.8 Å². The second kappa shape index (κ2) is 8.18. The number of amides is 1. The van der Waals surface area contributed by atoms with Crippen LogP contribution in [0.5, 0.6) is 0 Å². The summed E-state index contributed by atoms with van der Waals surface area (Å²) in [6, 6.07) is 4.91. The fraction of sp³-hybridized carbons (Fsp3) is 0.444. The number of rotatable bonds is 4. The number of aromatic nitrogens is 2. The summed E-state index contributed by atoms with van der Waals surface area (Å²) in [7, 11) is 0. The number of hydrogen-bond acceptors (Lipinski definition) is 7. The molecule has 1 fully saturated rings. The molecule has 8 nitrogen and oxygen atoms in total. The van der Waals surface area contributed by atoms with Crippen molar-refractivity contribution in [3.63, 3.8) is 0 Å². The third-order valence-electron chi connectivity index (χ3n) is 4.40. The molecule has 1 aromatic heterocycles. The van der Waals surface area contributed by atoms with Gasteiger partial charge in [-0.25, -0.2) is 0 Å². The van der Waals surface area contributed by atoms with Gasteiger partial charge < -0.3 is 20.1 Å². The maximum absolute atomic E-state index is 13.4. The second-order valence-electron chi connectivity index (χ2n) is 6.65. The SMILES string of the molecule is CC(O)CNC(=O)C1CN(c2ccc(C#N)c3nccnc23)CC(C(F)(F)F)O1. The molecule has 2 N–H and O–H groups in total. The average Bonchev–Trinajstić information content (AvgIpc) is 2.70. The number of carbonyl (C=O) groups is 1. The van der Waals surface area contributed by atoms with Crippen LogP contribution in [0.3, 0.4) is 0 Å². The van der Waals surface area contributed by atoms with E-state index in [1.807, 2.05) is 6.07 Å². The van der Waals surface area contributed by atoms with Crippen LogP contribution in [0, 0.1) is 11.3 Å². The first kappa shape index (κ1) is 20.8. The van der Waals surface area contributed by atoms with E-state index in [0.29, 0.717) is 5.69 Å². The van der Waals surface area contributed by atoms with Gasteiger partial charge >= 0.3 is 6.18 Å². The molecule has 1 amide bonds. The lowest BCUT2D eigenvalue weighted by Gasteiger charge is -2.39. The Morgan fingerprint density at radius 3 is 2.69 bits per heavy atom. The van der Waals surface area contributed by atoms with Gasteiger partial charge in [0.25, 0.3) is 5.91 Å². The number of nitrogens with zero attached hydrogens (tertiary/aromatic N) is 4. The van der Waals surface area contributed by atoms with Gasteiger partial charge in [0.15, 0.2) is 12.2 Å². The smallest absolute Gasteiger partial charge is 0.392 e. The number of aliphatic hydroxyl groups is 1. The number of nitriles is 1. The molecular weight excluding hydrogens is 391 g/mol. The van der Waals surface area contributed by atoms with E-state index < -0.39 is 36.9 Å². The summed E-state index contributed by atoms with van der Waals surface area (Å²) >= 11 is 0. The molecular formula is C18H18F3N5O3. The predicted molar refractivity (Wildman–Crippen MR) is 95.9 cm³/mol. The van der Waals surface area contributed by atoms with Gasteiger partial charge in [-0.2, -0.15) is 18.4 Å². The lowest BCUT2D eigenvalue weighted by Crippen LogP contribution is -2.57. The number of nitrogens with one attached hydrogen (secondary N) is 1. The minimum absolute atomic E-state index is 0.110. The first-order valence-corrected chi connectivity index (χ1v) is 8.77. The Bertz CT molecular complexity index is 944. The number of carbonyl (C=O) groups excluding carboxylic acids is 1. The minimum atomic E-state index is -4.68. The zero-order valence-corrected chi connectivity index (χ0v) is 15.3. The zero-order chi connectivity index (χ0) is 21.2. The van der Waals surface area contributed by atoms with Crippen LogP contribution in [0.15, 0.2) is 24.5 Å². The third kappa shape index (κ3) is 4.55. The summed E-state index contributed by atoms with van der Waals surface area (Å²) in [5.74, 6) is -0.756. The van der Waals surface area contributed by atoms with Crippen LogP contribution in [0.4, 0.5) is 18.9 Å². The molecule has 0 aliphatic carbocycles. The number of ether oxygens (including phenoxy) is 1. The standard InChI is InChI=1S/C18H18F3N5O3/c1-10(27)7-25-17(28)13-8-26(9-14(29-13)18(19,20)21)12-3-2-11(6-22)15-16(12)24-5-4-23-15/h2-5,10,13-14,27H,7-9H2,1H3,(H,25,28). The highest BCUT2D eigenvalue weighted by atomic mass is 19.4. The summed E-state index contributed by atoms with van der Waals surface area (Å²) in [4.78, 5) is 21.9. The predicted octanol–water partition coefficient (Wildman–Crippen LogP) is 1.13. The number of halogens is 3. The number of aliphatic hydroxyl groups excluding tert-OH is 1. The molecule has 11 heteroatoms. The summed E-state index contributed by atoms with van der Waals surface area (Å²) in [5.41, 5.74) is 1.08. The Hall–Kier alpha value is -2.97. The molecule has 0 spiro atoms. The first-order valence-electron chi connectivity index (χ1n) is 8.77. The molecule has 0 saturated carbocycles. The molecule has 1 aliphatic rings. The number of morpholine rings is 1. The van der Waals surface area contributed by atoms with Crippen LogP contribution in [0.25, 0.3) is 11.0 Å². The van der Waals surface area contributed by atoms with E-state index in [9.17, 15) is 28.3 Å². The van der Waals surface area contributed by atoms with Gasteiger partial charge in [-0.15, -0.1) is 0 Å². The quantitative estimate of drug-likeness (QED) is 0.779. The largest absolute Gasteiger partial charge is 0.416 e. The van der Waals surface area contributed by atoms with E-state index in [0.717, 1.165) is 0 Å². The van der Waals surface area contributed by atoms with Crippen molar-refractivity contribution in [2.75, 3.05) is 24.5 Å². The molecule has 1 saturated heterocycles. The molecule has 1 aromatic carbocycles. The van der Waals surface area contributed by atoms with Gasteiger partial charge in [-0.05, 0) is 19.1 Å². The van der Waals surface area contributed by atoms with Gasteiger partial charge in [0, 0.05) is 18.9 Å². The van der Waals surface area contributed by atoms with E-state index in [1.54, 1.807) is 0 Å². The highest BCUT2D eigenvalue weighted by Crippen LogP contribution is 2.33. The maximum Gasteiger partial charge on any atom is 0.416 e. The van der Waals surface area contributed by atoms with Crippen LogP contribution in [0.2, 0.25) is 0 Å². The van der Waals surface area contributed by atoms with Crippen molar-refractivity contribution in [3.8, 4) is 6.07 Å². The van der Waals surface area contributed by atoms with Gasteiger partial charge in [-0.1, -0.05) is 0 Å². The number of hydrogen-bond donors (Lipinski definition) is 2. The Labute approximate surface area is 163 Å². The molecule has 29 heavy (non-hydrogen) atoms. The third-order valence-corrected chi connectivity index (χ3v) is 4.40. The van der Waals surface area contributed by atoms with Crippen molar-refractivity contribution in [1.29, 1.82) is 5.26 Å². The number of anilines is 1. The fourth-order valence-electron chi connectivity index (χ4n) is 3.03. The highest BCUT2D eigenvalue weighted by Gasteiger charge is 2.47. The Balaban J connectivity index is 1.96. The monoisotopic (exact) mass is 409 g/mol. The summed E-state index contributed by atoms with van der Waals surface area (Å²) in [6.07, 6.45) is -6.37. The summed E-state index contributed by atoms with van der Waals surface area (Å²) < 4.78 is 45.3. The molecule has 3 rings (SSSR count). The average molecular weight is 409 g/mol. The van der Waals surface area contributed by atoms with Crippen LogP contribution >= 0.6 is 0 Å². The van der Waals surface area contributed by atoms with Crippen LogP contribution in [-0.4, -0.2) is 65.1 Å². The van der Waals surface area contributed by atoms with E-state index >= 15 is 0 Å². The van der Waals surface area contributed by atoms with E-state index in [4.69, 9.17) is 4.74 Å². The minimum Gasteiger partial charge on any atom is -0.392 e. The fourth-order valence-corrected chi connectivity index (χ4v) is 3.03. The summed E-state index contributed by atoms with van der Waals surface area (Å²) in [5, 5.41) is 20.9. The van der Waals surface area contributed by atoms with E-state index in [-0.39, 0.29) is 29.7 Å². The first-order chi connectivity index (χ1) is 13.7. The number of benzene rings is 1. The number of fused-ring (bicyclic) bond motifs is 1. The van der Waals surface area contributed by atoms with E-state index in [1.165, 1.54) is 36.4 Å². The van der Waals surface area contributed by atoms with Crippen molar-refractivity contribution >= 4 is 22.6 Å². The van der Waals surface area contributed by atoms with Crippen molar-refractivity contribution in [3.05, 3.63) is 30.1 Å². The van der Waals surface area contributed by atoms with Crippen LogP contribution < -0.4 is 10.2 Å². The van der Waals surface area contributed by atoms with Crippen molar-refractivity contribution < 1.29 is 27.8 Å². The van der Waals surface area contributed by atoms with Gasteiger partial charge in [0.05, 0.1) is 30.4 Å². The number of alkyl halides is 3. The molecule has 2 heterocycles. The van der Waals surface area contributed by atoms with Crippen molar-refractivity contribution in [2.24, 2.45) is 0 Å². The van der Waals surface area contributed by atoms with Crippen LogP contribution in [0.1, 0.15) is 12.5 Å². The molecule has 154 valence electrons. The van der Waals surface area contributed by atoms with Crippen molar-refractivity contribution in [2.45, 2.75) is 31.4 Å². The molecule has 2 aromatic rings. The maximum atomic E-state index is 13.4. The Morgan fingerprint density at radius 2 is 2.07 bits per heavy atom. The normalized spacial score (nSPS) is 20.9. The second-order valence-corrected chi connectivity index (χ2v) is 6.65. The topological polar surface area (TPSA) is 111 Å². The molecule has 3 atom stereocenters. The Morgan fingerprint density at radius 1 is 1.38 bits per heavy atom. The zero-order valence-electron chi connectivity index (χ0n) is 15.3. The van der Waals surface area contributed by atoms with E-state index in [2.05, 4.69) is 15.3 Å². The van der Waals surface area contributed by atoms with Crippen molar-refractivity contribution in [1.82, 2.24) is 15.3 Å².